The van der Waals surface area contributed by atoms with E-state index >= 15 is 0 Å². The van der Waals surface area contributed by atoms with Gasteiger partial charge in [-0.15, -0.1) is 0 Å². The molecular weight excluding hydrogens is 937 g/mol. The predicted octanol–water partition coefficient (Wildman–Crippen LogP) is 15.1. The molecule has 76 heavy (non-hydrogen) atoms. The van der Waals surface area contributed by atoms with Crippen LogP contribution in [0.2, 0.25) is 0 Å². The number of hydrogen-bond donors (Lipinski definition) is 4. The summed E-state index contributed by atoms with van der Waals surface area (Å²) in [5.74, 6) is 0.301. The second-order valence-electron chi connectivity index (χ2n) is 18.2. The van der Waals surface area contributed by atoms with Gasteiger partial charge in [0.05, 0.1) is 11.4 Å². The fraction of sp³-hybridized carbons (Fsp3) is 0.0588. The molecule has 8 nitrogen and oxygen atoms in total. The maximum absolute atomic E-state index is 11.5. The van der Waals surface area contributed by atoms with Gasteiger partial charge >= 0.3 is 0 Å². The minimum absolute atomic E-state index is 0.0377. The topological polar surface area (TPSA) is 130 Å². The first kappa shape index (κ1) is 49.6. The maximum atomic E-state index is 11.5. The number of aromatic hydroxyl groups is 4. The number of aliphatic imine (C=N–C) groups is 4. The van der Waals surface area contributed by atoms with Crippen LogP contribution in [0.1, 0.15) is 79.8 Å². The lowest BCUT2D eigenvalue weighted by molar-refractivity contribution is 0.473. The van der Waals surface area contributed by atoms with Crippen molar-refractivity contribution in [1.29, 1.82) is 0 Å². The summed E-state index contributed by atoms with van der Waals surface area (Å²) in [6, 6.07) is 82.5. The van der Waals surface area contributed by atoms with Crippen molar-refractivity contribution in [2.75, 3.05) is 0 Å². The Morgan fingerprint density at radius 1 is 0.289 bits per heavy atom. The Morgan fingerprint density at radius 2 is 0.579 bits per heavy atom. The molecule has 0 aliphatic carbocycles. The molecule has 0 unspecified atom stereocenters. The van der Waals surface area contributed by atoms with E-state index in [4.69, 9.17) is 20.0 Å². The van der Waals surface area contributed by atoms with Gasteiger partial charge in [-0.3, -0.25) is 20.0 Å². The van der Waals surface area contributed by atoms with Gasteiger partial charge in [0.2, 0.25) is 0 Å². The Morgan fingerprint density at radius 3 is 0.908 bits per heavy atom. The second-order valence-corrected chi connectivity index (χ2v) is 18.2. The van der Waals surface area contributed by atoms with Crippen LogP contribution in [0.3, 0.4) is 0 Å². The van der Waals surface area contributed by atoms with Crippen molar-refractivity contribution < 1.29 is 20.4 Å². The van der Waals surface area contributed by atoms with Gasteiger partial charge in [-0.25, -0.2) is 0 Å². The van der Waals surface area contributed by atoms with Crippen LogP contribution in [0.4, 0.5) is 0 Å². The molecule has 0 aliphatic rings. The fourth-order valence-corrected chi connectivity index (χ4v) is 9.37. The number of rotatable bonds is 17. The largest absolute Gasteiger partial charge is 0.507 e. The summed E-state index contributed by atoms with van der Waals surface area (Å²) >= 11 is 0. The standard InChI is InChI=1S/C68H54N4O4/c73-59-41-39-53(43-55(59)45-69-65(49-27-11-3-12-28-49)67(51-31-15-5-16-32-51)71-63(47-23-7-1-8-24-47)57-35-19-21-37-61(57)75)54-40-42-60(74)56(44-54)46-70-66(50-29-13-4-14-30-50)68(52-33-17-6-18-34-52)72-64(48-25-9-2-10-26-48)58-36-20-22-38-62(58)76/h1-46,65-68,73-76H/t65-,66-,67-,68-/m0/s1. The molecule has 0 radical (unpaired) electrons. The van der Waals surface area contributed by atoms with Crippen molar-refractivity contribution >= 4 is 23.9 Å². The third kappa shape index (κ3) is 11.6. The summed E-state index contributed by atoms with van der Waals surface area (Å²) in [7, 11) is 0. The van der Waals surface area contributed by atoms with Crippen LogP contribution in [0.25, 0.3) is 11.1 Å². The first-order chi connectivity index (χ1) is 37.4. The number of para-hydroxylation sites is 2. The number of phenols is 4. The van der Waals surface area contributed by atoms with Crippen molar-refractivity contribution in [1.82, 2.24) is 0 Å². The number of phenolic OH excluding ortho intramolecular Hbond substituents is 4. The van der Waals surface area contributed by atoms with Gasteiger partial charge in [-0.1, -0.05) is 218 Å². The van der Waals surface area contributed by atoms with E-state index in [2.05, 4.69) is 0 Å². The second kappa shape index (κ2) is 23.7. The Kier molecular flexibility index (Phi) is 15.5. The van der Waals surface area contributed by atoms with Crippen LogP contribution in [0.5, 0.6) is 23.0 Å². The zero-order valence-electron chi connectivity index (χ0n) is 41.4. The van der Waals surface area contributed by atoms with Crippen molar-refractivity contribution in [3.63, 3.8) is 0 Å². The molecule has 0 amide bonds. The third-order valence-corrected chi connectivity index (χ3v) is 13.2. The van der Waals surface area contributed by atoms with Crippen LogP contribution < -0.4 is 0 Å². The average molecular weight is 991 g/mol. The zero-order chi connectivity index (χ0) is 52.1. The van der Waals surface area contributed by atoms with Gasteiger partial charge in [-0.2, -0.15) is 0 Å². The molecule has 10 aromatic carbocycles. The molecule has 10 aromatic rings. The number of nitrogens with zero attached hydrogens (tertiary/aromatic N) is 4. The highest BCUT2D eigenvalue weighted by Gasteiger charge is 2.28. The van der Waals surface area contributed by atoms with E-state index in [9.17, 15) is 20.4 Å². The fourth-order valence-electron chi connectivity index (χ4n) is 9.37. The highest BCUT2D eigenvalue weighted by Crippen LogP contribution is 2.40. The van der Waals surface area contributed by atoms with Crippen molar-refractivity contribution in [2.24, 2.45) is 20.0 Å². The lowest BCUT2D eigenvalue weighted by Crippen LogP contribution is -2.13. The average Bonchev–Trinajstić information content (AvgIpc) is 3.48. The molecule has 4 N–H and O–H groups in total. The van der Waals surface area contributed by atoms with Crippen LogP contribution in [0.15, 0.2) is 287 Å². The summed E-state index contributed by atoms with van der Waals surface area (Å²) in [5.41, 5.74) is 10.2. The molecule has 4 atom stereocenters. The minimum Gasteiger partial charge on any atom is -0.507 e. The van der Waals surface area contributed by atoms with Gasteiger partial charge in [0, 0.05) is 45.8 Å². The van der Waals surface area contributed by atoms with Crippen LogP contribution in [-0.4, -0.2) is 44.3 Å². The molecule has 0 bridgehead atoms. The van der Waals surface area contributed by atoms with Gasteiger partial charge in [-0.05, 0) is 81.9 Å². The van der Waals surface area contributed by atoms with E-state index in [-0.39, 0.29) is 23.0 Å². The Hall–Kier alpha value is -9.92. The summed E-state index contributed by atoms with van der Waals surface area (Å²) in [4.78, 5) is 21.5. The van der Waals surface area contributed by atoms with E-state index < -0.39 is 24.2 Å². The molecular formula is C68H54N4O4. The lowest BCUT2D eigenvalue weighted by atomic mass is 9.92. The highest BCUT2D eigenvalue weighted by molar-refractivity contribution is 6.15. The summed E-state index contributed by atoms with van der Waals surface area (Å²) in [5, 5.41) is 45.4. The highest BCUT2D eigenvalue weighted by atomic mass is 16.3. The molecule has 0 heterocycles. The van der Waals surface area contributed by atoms with E-state index in [0.717, 1.165) is 44.5 Å². The van der Waals surface area contributed by atoms with Gasteiger partial charge in [0.15, 0.2) is 0 Å². The van der Waals surface area contributed by atoms with Gasteiger partial charge in [0.25, 0.3) is 0 Å². The van der Waals surface area contributed by atoms with Crippen molar-refractivity contribution in [3.8, 4) is 34.1 Å². The molecule has 10 rings (SSSR count). The molecule has 0 saturated carbocycles. The van der Waals surface area contributed by atoms with E-state index in [1.54, 1.807) is 48.8 Å². The maximum Gasteiger partial charge on any atom is 0.124 e. The molecule has 0 aromatic heterocycles. The normalized spacial score (nSPS) is 13.6. The molecule has 0 aliphatic heterocycles. The molecule has 0 spiro atoms. The van der Waals surface area contributed by atoms with Gasteiger partial charge < -0.3 is 20.4 Å². The van der Waals surface area contributed by atoms with Gasteiger partial charge in [0.1, 0.15) is 47.2 Å². The van der Waals surface area contributed by atoms with E-state index in [0.29, 0.717) is 33.7 Å². The summed E-state index contributed by atoms with van der Waals surface area (Å²) in [6.45, 7) is 0. The number of hydrogen-bond acceptors (Lipinski definition) is 8. The van der Waals surface area contributed by atoms with E-state index in [1.807, 2.05) is 231 Å². The molecule has 0 fully saturated rings. The first-order valence-electron chi connectivity index (χ1n) is 25.1. The first-order valence-corrected chi connectivity index (χ1v) is 25.1. The quantitative estimate of drug-likeness (QED) is 0.0677. The van der Waals surface area contributed by atoms with Crippen LogP contribution >= 0.6 is 0 Å². The molecule has 370 valence electrons. The summed E-state index contributed by atoms with van der Waals surface area (Å²) < 4.78 is 0. The van der Waals surface area contributed by atoms with Crippen molar-refractivity contribution in [3.05, 3.63) is 323 Å². The SMILES string of the molecule is Oc1ccc(-c2ccc(O)c(C=N[C@@H](c3ccccc3)[C@@H](N=C(c3ccccc3)c3ccccc3O)c3ccccc3)c2)cc1C=N[C@@H](c1ccccc1)[C@@H](N=C(c1ccccc1)c1ccccc1O)c1ccccc1. The Balaban J connectivity index is 1.04. The van der Waals surface area contributed by atoms with Crippen LogP contribution in [-0.2, 0) is 0 Å². The monoisotopic (exact) mass is 990 g/mol. The molecule has 0 saturated heterocycles. The van der Waals surface area contributed by atoms with Crippen molar-refractivity contribution in [2.45, 2.75) is 24.2 Å². The molecule has 8 heteroatoms. The number of benzene rings is 10. The predicted molar refractivity (Wildman–Crippen MR) is 308 cm³/mol. The lowest BCUT2D eigenvalue weighted by Gasteiger charge is -2.24. The minimum atomic E-state index is -0.573. The Labute approximate surface area is 443 Å². The van der Waals surface area contributed by atoms with Crippen LogP contribution in [0, 0.1) is 0 Å². The van der Waals surface area contributed by atoms with E-state index in [1.165, 1.54) is 0 Å². The zero-order valence-corrected chi connectivity index (χ0v) is 41.4. The third-order valence-electron chi connectivity index (χ3n) is 13.2. The Bertz CT molecular complexity index is 3400. The smallest absolute Gasteiger partial charge is 0.124 e. The summed E-state index contributed by atoms with van der Waals surface area (Å²) in [6.07, 6.45) is 3.39.